The van der Waals surface area contributed by atoms with Crippen molar-refractivity contribution in [2.24, 2.45) is 0 Å². The van der Waals surface area contributed by atoms with E-state index >= 15 is 0 Å². The number of halogens is 2. The summed E-state index contributed by atoms with van der Waals surface area (Å²) in [5, 5.41) is 0.0700. The van der Waals surface area contributed by atoms with Crippen LogP contribution in [-0.4, -0.2) is 38.6 Å². The second-order valence-electron chi connectivity index (χ2n) is 4.56. The highest BCUT2D eigenvalue weighted by molar-refractivity contribution is 6.31. The van der Waals surface area contributed by atoms with Gasteiger partial charge >= 0.3 is 0 Å². The molecule has 0 unspecified atom stereocenters. The van der Waals surface area contributed by atoms with Gasteiger partial charge in [0.05, 0.1) is 16.4 Å². The first-order valence-electron chi connectivity index (χ1n) is 6.10. The molecule has 0 amide bonds. The molecule has 3 nitrogen and oxygen atoms in total. The molecule has 0 spiro atoms. The molecule has 0 atom stereocenters. The molecule has 0 fully saturated rings. The number of anilines is 2. The molecule has 5 heteroatoms. The second-order valence-corrected chi connectivity index (χ2v) is 4.97. The Kier molecular flexibility index (Phi) is 5.69. The van der Waals surface area contributed by atoms with E-state index < -0.39 is 5.82 Å². The molecular weight excluding hydrogens is 253 g/mol. The van der Waals surface area contributed by atoms with Gasteiger partial charge in [0.15, 0.2) is 0 Å². The molecule has 0 radical (unpaired) electrons. The van der Waals surface area contributed by atoms with Crippen molar-refractivity contribution in [1.29, 1.82) is 0 Å². The van der Waals surface area contributed by atoms with Crippen molar-refractivity contribution in [3.63, 3.8) is 0 Å². The van der Waals surface area contributed by atoms with E-state index in [0.717, 1.165) is 31.7 Å². The summed E-state index contributed by atoms with van der Waals surface area (Å²) >= 11 is 5.70. The van der Waals surface area contributed by atoms with Crippen LogP contribution in [0.3, 0.4) is 0 Å². The highest BCUT2D eigenvalue weighted by atomic mass is 35.5. The SMILES string of the molecule is CCN(CCCN(C)C)c1cc(F)c(Cl)cc1N. The van der Waals surface area contributed by atoms with E-state index in [4.69, 9.17) is 17.3 Å². The summed E-state index contributed by atoms with van der Waals surface area (Å²) in [6.45, 7) is 4.66. The molecule has 0 aromatic heterocycles. The minimum atomic E-state index is -0.424. The van der Waals surface area contributed by atoms with Crippen LogP contribution in [0.1, 0.15) is 13.3 Å². The zero-order valence-electron chi connectivity index (χ0n) is 11.2. The van der Waals surface area contributed by atoms with Crippen LogP contribution in [0.5, 0.6) is 0 Å². The number of hydrogen-bond donors (Lipinski definition) is 1. The van der Waals surface area contributed by atoms with Gasteiger partial charge in [-0.25, -0.2) is 4.39 Å². The van der Waals surface area contributed by atoms with Gasteiger partial charge in [-0.15, -0.1) is 0 Å². The van der Waals surface area contributed by atoms with Crippen LogP contribution in [0.15, 0.2) is 12.1 Å². The van der Waals surface area contributed by atoms with Crippen LogP contribution in [-0.2, 0) is 0 Å². The van der Waals surface area contributed by atoms with Crippen molar-refractivity contribution in [3.8, 4) is 0 Å². The first kappa shape index (κ1) is 15.1. The molecule has 2 N–H and O–H groups in total. The van der Waals surface area contributed by atoms with Gasteiger partial charge < -0.3 is 15.5 Å². The van der Waals surface area contributed by atoms with Gasteiger partial charge in [-0.2, -0.15) is 0 Å². The summed E-state index contributed by atoms with van der Waals surface area (Å²) in [6, 6.07) is 2.89. The molecule has 18 heavy (non-hydrogen) atoms. The van der Waals surface area contributed by atoms with E-state index in [9.17, 15) is 4.39 Å². The number of nitrogens with zero attached hydrogens (tertiary/aromatic N) is 2. The fourth-order valence-electron chi connectivity index (χ4n) is 1.85. The molecule has 0 heterocycles. The summed E-state index contributed by atoms with van der Waals surface area (Å²) in [4.78, 5) is 4.19. The lowest BCUT2D eigenvalue weighted by atomic mass is 10.2. The number of hydrogen-bond acceptors (Lipinski definition) is 3. The summed E-state index contributed by atoms with van der Waals surface area (Å²) < 4.78 is 13.5. The number of rotatable bonds is 6. The lowest BCUT2D eigenvalue weighted by molar-refractivity contribution is 0.400. The molecular formula is C13H21ClFN3. The minimum Gasteiger partial charge on any atom is -0.397 e. The molecule has 0 aliphatic carbocycles. The predicted molar refractivity (Wildman–Crippen MR) is 76.9 cm³/mol. The largest absolute Gasteiger partial charge is 0.397 e. The van der Waals surface area contributed by atoms with Crippen LogP contribution in [0.2, 0.25) is 5.02 Å². The molecule has 0 aliphatic rings. The monoisotopic (exact) mass is 273 g/mol. The molecule has 1 aromatic carbocycles. The van der Waals surface area contributed by atoms with E-state index in [1.165, 1.54) is 12.1 Å². The summed E-state index contributed by atoms with van der Waals surface area (Å²) in [5.74, 6) is -0.424. The third-order valence-corrected chi connectivity index (χ3v) is 3.12. The first-order chi connectivity index (χ1) is 8.45. The maximum absolute atomic E-state index is 13.5. The zero-order valence-corrected chi connectivity index (χ0v) is 12.0. The first-order valence-corrected chi connectivity index (χ1v) is 6.47. The molecule has 102 valence electrons. The average molecular weight is 274 g/mol. The number of nitrogen functional groups attached to an aromatic ring is 1. The van der Waals surface area contributed by atoms with E-state index in [2.05, 4.69) is 9.80 Å². The van der Waals surface area contributed by atoms with E-state index in [1.54, 1.807) is 0 Å². The molecule has 1 rings (SSSR count). The zero-order chi connectivity index (χ0) is 13.7. The quantitative estimate of drug-likeness (QED) is 0.809. The fourth-order valence-corrected chi connectivity index (χ4v) is 2.02. The van der Waals surface area contributed by atoms with Gasteiger partial charge in [-0.1, -0.05) is 11.6 Å². The van der Waals surface area contributed by atoms with Crippen molar-refractivity contribution in [2.75, 3.05) is 44.4 Å². The van der Waals surface area contributed by atoms with Crippen molar-refractivity contribution < 1.29 is 4.39 Å². The van der Waals surface area contributed by atoms with Gasteiger partial charge in [0, 0.05) is 19.2 Å². The Hall–Kier alpha value is -1.00. The Morgan fingerprint density at radius 3 is 2.50 bits per heavy atom. The van der Waals surface area contributed by atoms with E-state index in [-0.39, 0.29) is 5.02 Å². The topological polar surface area (TPSA) is 32.5 Å². The predicted octanol–water partition coefficient (Wildman–Crippen LogP) is 2.84. The van der Waals surface area contributed by atoms with Crippen molar-refractivity contribution in [1.82, 2.24) is 4.90 Å². The number of benzene rings is 1. The van der Waals surface area contributed by atoms with Crippen molar-refractivity contribution >= 4 is 23.0 Å². The number of nitrogens with two attached hydrogens (primary N) is 1. The Bertz CT molecular complexity index is 396. The van der Waals surface area contributed by atoms with Gasteiger partial charge in [-0.3, -0.25) is 0 Å². The molecule has 0 bridgehead atoms. The average Bonchev–Trinajstić information content (AvgIpc) is 2.30. The van der Waals surface area contributed by atoms with Gasteiger partial charge in [0.25, 0.3) is 0 Å². The van der Waals surface area contributed by atoms with E-state index in [1.807, 2.05) is 21.0 Å². The van der Waals surface area contributed by atoms with Crippen LogP contribution in [0, 0.1) is 5.82 Å². The molecule has 0 aliphatic heterocycles. The van der Waals surface area contributed by atoms with Gasteiger partial charge in [0.1, 0.15) is 5.82 Å². The highest BCUT2D eigenvalue weighted by Gasteiger charge is 2.12. The molecule has 0 saturated carbocycles. The fraction of sp³-hybridized carbons (Fsp3) is 0.538. The van der Waals surface area contributed by atoms with Crippen LogP contribution in [0.4, 0.5) is 15.8 Å². The van der Waals surface area contributed by atoms with Crippen molar-refractivity contribution in [3.05, 3.63) is 23.0 Å². The maximum Gasteiger partial charge on any atom is 0.144 e. The summed E-state index contributed by atoms with van der Waals surface area (Å²) in [5.41, 5.74) is 7.14. The Morgan fingerprint density at radius 1 is 1.28 bits per heavy atom. The Morgan fingerprint density at radius 2 is 1.94 bits per heavy atom. The van der Waals surface area contributed by atoms with Crippen LogP contribution < -0.4 is 10.6 Å². The van der Waals surface area contributed by atoms with Crippen molar-refractivity contribution in [2.45, 2.75) is 13.3 Å². The normalized spacial score (nSPS) is 11.0. The van der Waals surface area contributed by atoms with Gasteiger partial charge in [-0.05, 0) is 40.1 Å². The maximum atomic E-state index is 13.5. The van der Waals surface area contributed by atoms with E-state index in [0.29, 0.717) is 5.69 Å². The van der Waals surface area contributed by atoms with Gasteiger partial charge in [0.2, 0.25) is 0 Å². The Balaban J connectivity index is 2.78. The van der Waals surface area contributed by atoms with Crippen LogP contribution >= 0.6 is 11.6 Å². The second kappa shape index (κ2) is 6.81. The smallest absolute Gasteiger partial charge is 0.144 e. The highest BCUT2D eigenvalue weighted by Crippen LogP contribution is 2.29. The summed E-state index contributed by atoms with van der Waals surface area (Å²) in [6.07, 6.45) is 1.00. The lowest BCUT2D eigenvalue weighted by Crippen LogP contribution is -2.27. The minimum absolute atomic E-state index is 0.0700. The third kappa shape index (κ3) is 4.03. The molecule has 1 aromatic rings. The molecule has 0 saturated heterocycles. The standard InChI is InChI=1S/C13H21ClFN3/c1-4-18(7-5-6-17(2)3)13-9-11(15)10(14)8-12(13)16/h8-9H,4-7,16H2,1-3H3. The third-order valence-electron chi connectivity index (χ3n) is 2.83. The van der Waals surface area contributed by atoms with Crippen LogP contribution in [0.25, 0.3) is 0 Å². The Labute approximate surface area is 113 Å². The summed E-state index contributed by atoms with van der Waals surface area (Å²) in [7, 11) is 4.07. The lowest BCUT2D eigenvalue weighted by Gasteiger charge is -2.25.